The summed E-state index contributed by atoms with van der Waals surface area (Å²) >= 11 is 1.18. The van der Waals surface area contributed by atoms with E-state index in [0.29, 0.717) is 5.69 Å². The first-order valence-corrected chi connectivity index (χ1v) is 7.87. The van der Waals surface area contributed by atoms with Crippen molar-refractivity contribution in [3.8, 4) is 0 Å². The highest BCUT2D eigenvalue weighted by molar-refractivity contribution is 8.13. The Balaban J connectivity index is 3.06. The van der Waals surface area contributed by atoms with Gasteiger partial charge in [0.15, 0.2) is 5.12 Å². The molecule has 0 unspecified atom stereocenters. The average Bonchev–Trinajstić information content (AvgIpc) is 2.29. The largest absolute Gasteiger partial charge is 0.325 e. The van der Waals surface area contributed by atoms with Crippen LogP contribution in [0.1, 0.15) is 47.1 Å². The molecule has 1 rings (SSSR count). The number of rotatable bonds is 2. The van der Waals surface area contributed by atoms with Crippen molar-refractivity contribution in [3.63, 3.8) is 0 Å². The van der Waals surface area contributed by atoms with Crippen LogP contribution >= 0.6 is 11.8 Å². The summed E-state index contributed by atoms with van der Waals surface area (Å²) < 4.78 is 0. The fourth-order valence-corrected chi connectivity index (χ4v) is 2.26. The molecule has 0 atom stereocenters. The molecule has 3 nitrogen and oxygen atoms in total. The summed E-state index contributed by atoms with van der Waals surface area (Å²) in [7, 11) is 0. The van der Waals surface area contributed by atoms with E-state index in [1.165, 1.54) is 11.8 Å². The molecular weight excluding hydrogens is 282 g/mol. The molecule has 0 fully saturated rings. The number of thioether (sulfide) groups is 1. The van der Waals surface area contributed by atoms with Crippen LogP contribution in [0.5, 0.6) is 0 Å². The Labute approximate surface area is 131 Å². The SMILES string of the molecule is Cc1ccc(SC(=O)C(C)(C)C)c(NC(=O)C(C)(C)C)c1. The molecule has 0 spiro atoms. The molecule has 0 aliphatic heterocycles. The number of benzene rings is 1. The van der Waals surface area contributed by atoms with Crippen LogP contribution < -0.4 is 5.32 Å². The van der Waals surface area contributed by atoms with Crippen molar-refractivity contribution in [2.75, 3.05) is 5.32 Å². The molecule has 0 aliphatic carbocycles. The smallest absolute Gasteiger partial charge is 0.229 e. The van der Waals surface area contributed by atoms with Crippen LogP contribution in [0.15, 0.2) is 23.1 Å². The Kier molecular flexibility index (Phi) is 5.26. The average molecular weight is 307 g/mol. The van der Waals surface area contributed by atoms with Crippen molar-refractivity contribution < 1.29 is 9.59 Å². The second kappa shape index (κ2) is 6.22. The summed E-state index contributed by atoms with van der Waals surface area (Å²) in [5.74, 6) is -0.0573. The van der Waals surface area contributed by atoms with E-state index in [2.05, 4.69) is 5.32 Å². The van der Waals surface area contributed by atoms with E-state index in [-0.39, 0.29) is 11.0 Å². The van der Waals surface area contributed by atoms with Crippen molar-refractivity contribution in [2.45, 2.75) is 53.4 Å². The Morgan fingerprint density at radius 1 is 1.00 bits per heavy atom. The minimum absolute atomic E-state index is 0.0573. The number of anilines is 1. The molecule has 1 amide bonds. The van der Waals surface area contributed by atoms with Gasteiger partial charge in [0.1, 0.15) is 0 Å². The second-order valence-electron chi connectivity index (χ2n) is 7.34. The van der Waals surface area contributed by atoms with Gasteiger partial charge in [-0.2, -0.15) is 0 Å². The summed E-state index contributed by atoms with van der Waals surface area (Å²) in [6, 6.07) is 5.74. The fraction of sp³-hybridized carbons (Fsp3) is 0.529. The first-order valence-electron chi connectivity index (χ1n) is 7.05. The van der Waals surface area contributed by atoms with Crippen LogP contribution in [0, 0.1) is 17.8 Å². The first kappa shape index (κ1) is 17.8. The minimum Gasteiger partial charge on any atom is -0.325 e. The summed E-state index contributed by atoms with van der Waals surface area (Å²) in [5.41, 5.74) is 0.866. The Morgan fingerprint density at radius 2 is 1.57 bits per heavy atom. The molecule has 21 heavy (non-hydrogen) atoms. The molecular formula is C17H25NO2S. The second-order valence-corrected chi connectivity index (χ2v) is 8.36. The number of carbonyl (C=O) groups excluding carboxylic acids is 2. The highest BCUT2D eigenvalue weighted by atomic mass is 32.2. The summed E-state index contributed by atoms with van der Waals surface area (Å²) in [6.07, 6.45) is 0. The third kappa shape index (κ3) is 5.20. The maximum absolute atomic E-state index is 12.2. The molecule has 0 aromatic heterocycles. The van der Waals surface area contributed by atoms with Gasteiger partial charge in [-0.3, -0.25) is 9.59 Å². The standard InChI is InChI=1S/C17H25NO2S/c1-11-8-9-13(21-15(20)17(5,6)7)12(10-11)18-14(19)16(2,3)4/h8-10H,1-7H3,(H,18,19). The summed E-state index contributed by atoms with van der Waals surface area (Å²) in [4.78, 5) is 25.2. The van der Waals surface area contributed by atoms with Gasteiger partial charge in [0.2, 0.25) is 5.91 Å². The van der Waals surface area contributed by atoms with Gasteiger partial charge in [-0.1, -0.05) is 47.6 Å². The van der Waals surface area contributed by atoms with Gasteiger partial charge in [-0.25, -0.2) is 0 Å². The van der Waals surface area contributed by atoms with Gasteiger partial charge < -0.3 is 5.32 Å². The van der Waals surface area contributed by atoms with E-state index in [1.54, 1.807) is 0 Å². The van der Waals surface area contributed by atoms with Crippen LogP contribution in [0.3, 0.4) is 0 Å². The lowest BCUT2D eigenvalue weighted by Gasteiger charge is -2.21. The number of nitrogens with one attached hydrogen (secondary N) is 1. The molecule has 0 saturated carbocycles. The van der Waals surface area contributed by atoms with Gasteiger partial charge in [0.25, 0.3) is 0 Å². The first-order chi connectivity index (χ1) is 9.41. The third-order valence-corrected chi connectivity index (χ3v) is 4.25. The quantitative estimate of drug-likeness (QED) is 0.809. The highest BCUT2D eigenvalue weighted by Crippen LogP contribution is 2.34. The molecule has 0 saturated heterocycles. The van der Waals surface area contributed by atoms with E-state index < -0.39 is 10.8 Å². The van der Waals surface area contributed by atoms with Crippen molar-refractivity contribution in [1.29, 1.82) is 0 Å². The normalized spacial score (nSPS) is 12.1. The topological polar surface area (TPSA) is 46.2 Å². The van der Waals surface area contributed by atoms with Gasteiger partial charge in [-0.15, -0.1) is 0 Å². The summed E-state index contributed by atoms with van der Waals surface area (Å²) in [5, 5.41) is 3.02. The lowest BCUT2D eigenvalue weighted by atomic mass is 9.95. The Morgan fingerprint density at radius 3 is 2.05 bits per heavy atom. The predicted octanol–water partition coefficient (Wildman–Crippen LogP) is 4.64. The maximum atomic E-state index is 12.2. The predicted molar refractivity (Wildman–Crippen MR) is 89.6 cm³/mol. The van der Waals surface area contributed by atoms with Crippen molar-refractivity contribution in [3.05, 3.63) is 23.8 Å². The van der Waals surface area contributed by atoms with Gasteiger partial charge in [-0.05, 0) is 36.4 Å². The van der Waals surface area contributed by atoms with Crippen LogP contribution in [-0.2, 0) is 9.59 Å². The number of hydrogen-bond acceptors (Lipinski definition) is 3. The van der Waals surface area contributed by atoms with E-state index in [4.69, 9.17) is 0 Å². The zero-order chi connectivity index (χ0) is 16.4. The minimum atomic E-state index is -0.473. The molecule has 116 valence electrons. The van der Waals surface area contributed by atoms with E-state index in [9.17, 15) is 9.59 Å². The van der Waals surface area contributed by atoms with E-state index in [0.717, 1.165) is 10.5 Å². The third-order valence-electron chi connectivity index (χ3n) is 2.88. The zero-order valence-electron chi connectivity index (χ0n) is 14.0. The fourth-order valence-electron chi connectivity index (χ4n) is 1.39. The van der Waals surface area contributed by atoms with Gasteiger partial charge in [0.05, 0.1) is 5.69 Å². The molecule has 0 bridgehead atoms. The molecule has 0 radical (unpaired) electrons. The molecule has 1 aromatic carbocycles. The zero-order valence-corrected chi connectivity index (χ0v) is 14.8. The van der Waals surface area contributed by atoms with E-state index in [1.807, 2.05) is 66.7 Å². The molecule has 0 aliphatic rings. The monoisotopic (exact) mass is 307 g/mol. The Hall–Kier alpha value is -1.29. The van der Waals surface area contributed by atoms with E-state index >= 15 is 0 Å². The molecule has 1 aromatic rings. The number of carbonyl (C=O) groups is 2. The Bertz CT molecular complexity index is 551. The number of aryl methyl sites for hydroxylation is 1. The van der Waals surface area contributed by atoms with Crippen molar-refractivity contribution in [1.82, 2.24) is 0 Å². The van der Waals surface area contributed by atoms with Crippen molar-refractivity contribution in [2.24, 2.45) is 10.8 Å². The van der Waals surface area contributed by atoms with Crippen LogP contribution in [0.25, 0.3) is 0 Å². The van der Waals surface area contributed by atoms with Crippen LogP contribution in [0.2, 0.25) is 0 Å². The van der Waals surface area contributed by atoms with Gasteiger partial charge in [0, 0.05) is 15.7 Å². The van der Waals surface area contributed by atoms with Gasteiger partial charge >= 0.3 is 0 Å². The molecule has 1 N–H and O–H groups in total. The highest BCUT2D eigenvalue weighted by Gasteiger charge is 2.25. The molecule has 0 heterocycles. The maximum Gasteiger partial charge on any atom is 0.229 e. The van der Waals surface area contributed by atoms with Crippen LogP contribution in [-0.4, -0.2) is 11.0 Å². The lowest BCUT2D eigenvalue weighted by Crippen LogP contribution is -2.28. The number of hydrogen-bond donors (Lipinski definition) is 1. The van der Waals surface area contributed by atoms with Crippen LogP contribution in [0.4, 0.5) is 5.69 Å². The molecule has 4 heteroatoms. The van der Waals surface area contributed by atoms with Crippen molar-refractivity contribution >= 4 is 28.5 Å². The lowest BCUT2D eigenvalue weighted by molar-refractivity contribution is -0.123. The number of amides is 1. The summed E-state index contributed by atoms with van der Waals surface area (Å²) in [6.45, 7) is 13.2.